The summed E-state index contributed by atoms with van der Waals surface area (Å²) in [6.07, 6.45) is 6.11. The summed E-state index contributed by atoms with van der Waals surface area (Å²) < 4.78 is 40.9. The fourth-order valence-electron chi connectivity index (χ4n) is 2.14. The van der Waals surface area contributed by atoms with E-state index in [1.165, 1.54) is 13.0 Å². The van der Waals surface area contributed by atoms with Gasteiger partial charge in [-0.05, 0) is 43.9 Å². The third kappa shape index (κ3) is 3.13. The number of nitrogens with two attached hydrogens (primary N) is 1. The van der Waals surface area contributed by atoms with Gasteiger partial charge in [0.2, 0.25) is 10.0 Å². The molecule has 104 valence electrons. The van der Waals surface area contributed by atoms with Crippen LogP contribution in [0.1, 0.15) is 24.8 Å². The zero-order valence-electron chi connectivity index (χ0n) is 10.7. The Balaban J connectivity index is 2.31. The van der Waals surface area contributed by atoms with E-state index in [1.807, 2.05) is 12.2 Å². The molecule has 0 radical (unpaired) electrons. The topological polar surface area (TPSA) is 72.2 Å². The maximum absolute atomic E-state index is 13.9. The summed E-state index contributed by atoms with van der Waals surface area (Å²) in [5.41, 5.74) is 6.05. The quantitative estimate of drug-likeness (QED) is 0.659. The highest BCUT2D eigenvalue weighted by atomic mass is 32.2. The summed E-state index contributed by atoms with van der Waals surface area (Å²) in [7, 11) is -3.87. The fraction of sp³-hybridized carbons (Fsp3) is 0.385. The van der Waals surface area contributed by atoms with Crippen molar-refractivity contribution < 1.29 is 12.8 Å². The summed E-state index contributed by atoms with van der Waals surface area (Å²) in [5.74, 6) is -0.743. The molecule has 6 heteroatoms. The van der Waals surface area contributed by atoms with Crippen LogP contribution in [0.4, 0.5) is 10.1 Å². The van der Waals surface area contributed by atoms with Crippen LogP contribution in [0.15, 0.2) is 29.2 Å². The molecule has 0 heterocycles. The number of aryl methyl sites for hydroxylation is 1. The van der Waals surface area contributed by atoms with Gasteiger partial charge in [0.1, 0.15) is 10.7 Å². The molecule has 1 atom stereocenters. The van der Waals surface area contributed by atoms with E-state index in [0.29, 0.717) is 6.42 Å². The van der Waals surface area contributed by atoms with Crippen LogP contribution < -0.4 is 10.5 Å². The van der Waals surface area contributed by atoms with Crippen molar-refractivity contribution in [2.75, 3.05) is 5.73 Å². The number of anilines is 1. The second kappa shape index (κ2) is 5.30. The number of hydrogen-bond acceptors (Lipinski definition) is 3. The molecule has 19 heavy (non-hydrogen) atoms. The Morgan fingerprint density at radius 1 is 1.37 bits per heavy atom. The minimum atomic E-state index is -3.87. The van der Waals surface area contributed by atoms with Gasteiger partial charge in [-0.15, -0.1) is 0 Å². The third-order valence-electron chi connectivity index (χ3n) is 3.12. The number of nitrogens with one attached hydrogen (secondary N) is 1. The second-order valence-electron chi connectivity index (χ2n) is 4.75. The van der Waals surface area contributed by atoms with Crippen LogP contribution in [0.3, 0.4) is 0 Å². The number of benzene rings is 1. The molecule has 0 aromatic heterocycles. The second-order valence-corrected chi connectivity index (χ2v) is 6.43. The van der Waals surface area contributed by atoms with Crippen molar-refractivity contribution in [3.63, 3.8) is 0 Å². The molecule has 0 saturated carbocycles. The highest BCUT2D eigenvalue weighted by Gasteiger charge is 2.24. The first-order valence-corrected chi connectivity index (χ1v) is 7.61. The molecule has 1 aliphatic carbocycles. The lowest BCUT2D eigenvalue weighted by molar-refractivity contribution is 0.513. The molecule has 4 nitrogen and oxygen atoms in total. The summed E-state index contributed by atoms with van der Waals surface area (Å²) in [5, 5.41) is 0. The Morgan fingerprint density at radius 2 is 2.11 bits per heavy atom. The molecule has 1 aromatic carbocycles. The van der Waals surface area contributed by atoms with Crippen molar-refractivity contribution >= 4 is 15.7 Å². The maximum atomic E-state index is 13.9. The SMILES string of the molecule is Cc1cc(N)cc(S(=O)(=O)NC2CC=CCC2)c1F. The van der Waals surface area contributed by atoms with Crippen molar-refractivity contribution in [3.8, 4) is 0 Å². The van der Waals surface area contributed by atoms with Crippen LogP contribution in [0.2, 0.25) is 0 Å². The van der Waals surface area contributed by atoms with Gasteiger partial charge in [-0.25, -0.2) is 17.5 Å². The van der Waals surface area contributed by atoms with Gasteiger partial charge in [-0.2, -0.15) is 0 Å². The minimum Gasteiger partial charge on any atom is -0.399 e. The highest BCUT2D eigenvalue weighted by Crippen LogP contribution is 2.23. The molecule has 0 bridgehead atoms. The van der Waals surface area contributed by atoms with Crippen molar-refractivity contribution in [1.29, 1.82) is 0 Å². The van der Waals surface area contributed by atoms with Crippen molar-refractivity contribution in [1.82, 2.24) is 4.72 Å². The number of rotatable bonds is 3. The number of sulfonamides is 1. The van der Waals surface area contributed by atoms with Gasteiger partial charge in [0, 0.05) is 11.7 Å². The van der Waals surface area contributed by atoms with E-state index < -0.39 is 15.8 Å². The van der Waals surface area contributed by atoms with E-state index in [1.54, 1.807) is 0 Å². The molecule has 0 aliphatic heterocycles. The van der Waals surface area contributed by atoms with E-state index in [0.717, 1.165) is 18.9 Å². The molecule has 0 fully saturated rings. The van der Waals surface area contributed by atoms with Gasteiger partial charge in [0.05, 0.1) is 0 Å². The molecule has 0 saturated heterocycles. The predicted molar refractivity (Wildman–Crippen MR) is 72.6 cm³/mol. The van der Waals surface area contributed by atoms with Gasteiger partial charge in [0.15, 0.2) is 0 Å². The van der Waals surface area contributed by atoms with Crippen molar-refractivity contribution in [2.24, 2.45) is 0 Å². The lowest BCUT2D eigenvalue weighted by Crippen LogP contribution is -2.35. The van der Waals surface area contributed by atoms with Gasteiger partial charge in [-0.1, -0.05) is 12.2 Å². The van der Waals surface area contributed by atoms with Crippen LogP contribution >= 0.6 is 0 Å². The molecular formula is C13H17FN2O2S. The Bertz CT molecular complexity index is 611. The number of halogens is 1. The largest absolute Gasteiger partial charge is 0.399 e. The van der Waals surface area contributed by atoms with E-state index >= 15 is 0 Å². The minimum absolute atomic E-state index is 0.184. The first-order chi connectivity index (χ1) is 8.90. The lowest BCUT2D eigenvalue weighted by atomic mass is 10.0. The van der Waals surface area contributed by atoms with Crippen LogP contribution in [0, 0.1) is 12.7 Å². The standard InChI is InChI=1S/C13H17FN2O2S/c1-9-7-10(15)8-12(13(9)14)19(17,18)16-11-5-3-2-4-6-11/h2-3,7-8,11,16H,4-6,15H2,1H3. The molecule has 1 aromatic rings. The summed E-state index contributed by atoms with van der Waals surface area (Å²) in [4.78, 5) is -0.375. The Hall–Kier alpha value is -1.40. The predicted octanol–water partition coefficient (Wildman–Crippen LogP) is 2.10. The van der Waals surface area contributed by atoms with Crippen LogP contribution in [-0.4, -0.2) is 14.5 Å². The lowest BCUT2D eigenvalue weighted by Gasteiger charge is -2.20. The van der Waals surface area contributed by atoms with Gasteiger partial charge in [0.25, 0.3) is 0 Å². The molecule has 0 amide bonds. The zero-order valence-corrected chi connectivity index (χ0v) is 11.5. The zero-order chi connectivity index (χ0) is 14.0. The normalized spacial score (nSPS) is 19.6. The van der Waals surface area contributed by atoms with Gasteiger partial charge < -0.3 is 5.73 Å². The average Bonchev–Trinajstić information content (AvgIpc) is 2.34. The fourth-order valence-corrected chi connectivity index (χ4v) is 3.61. The molecule has 3 N–H and O–H groups in total. The Labute approximate surface area is 112 Å². The molecule has 0 spiro atoms. The van der Waals surface area contributed by atoms with Gasteiger partial charge in [-0.3, -0.25) is 0 Å². The van der Waals surface area contributed by atoms with Crippen LogP contribution in [0.25, 0.3) is 0 Å². The first-order valence-electron chi connectivity index (χ1n) is 6.13. The Morgan fingerprint density at radius 3 is 2.74 bits per heavy atom. The Kier molecular flexibility index (Phi) is 3.91. The average molecular weight is 284 g/mol. The number of hydrogen-bond donors (Lipinski definition) is 2. The third-order valence-corrected chi connectivity index (χ3v) is 4.64. The molecule has 1 unspecified atom stereocenters. The van der Waals surface area contributed by atoms with Gasteiger partial charge >= 0.3 is 0 Å². The highest BCUT2D eigenvalue weighted by molar-refractivity contribution is 7.89. The molecule has 2 rings (SSSR count). The van der Waals surface area contributed by atoms with Crippen molar-refractivity contribution in [2.45, 2.75) is 37.1 Å². The molecular weight excluding hydrogens is 267 g/mol. The van der Waals surface area contributed by atoms with E-state index in [2.05, 4.69) is 4.72 Å². The molecule has 1 aliphatic rings. The van der Waals surface area contributed by atoms with Crippen LogP contribution in [0.5, 0.6) is 0 Å². The van der Waals surface area contributed by atoms with Crippen LogP contribution in [-0.2, 0) is 10.0 Å². The van der Waals surface area contributed by atoms with E-state index in [-0.39, 0.29) is 22.2 Å². The number of nitrogen functional groups attached to an aromatic ring is 1. The number of allylic oxidation sites excluding steroid dienone is 1. The van der Waals surface area contributed by atoms with Crippen molar-refractivity contribution in [3.05, 3.63) is 35.7 Å². The smallest absolute Gasteiger partial charge is 0.243 e. The first kappa shape index (κ1) is 14.0. The summed E-state index contributed by atoms with van der Waals surface area (Å²) in [6, 6.07) is 2.39. The summed E-state index contributed by atoms with van der Waals surface area (Å²) >= 11 is 0. The summed E-state index contributed by atoms with van der Waals surface area (Å²) in [6.45, 7) is 1.49. The monoisotopic (exact) mass is 284 g/mol. The maximum Gasteiger partial charge on any atom is 0.243 e. The van der Waals surface area contributed by atoms with E-state index in [4.69, 9.17) is 5.73 Å². The van der Waals surface area contributed by atoms with E-state index in [9.17, 15) is 12.8 Å².